The maximum absolute atomic E-state index is 5.79. The molecule has 2 heterocycles. The molecule has 1 aromatic rings. The van der Waals surface area contributed by atoms with Gasteiger partial charge in [0.2, 0.25) is 5.88 Å². The number of rotatable bonds is 5. The summed E-state index contributed by atoms with van der Waals surface area (Å²) in [6.45, 7) is 7.77. The quantitative estimate of drug-likeness (QED) is 0.902. The van der Waals surface area contributed by atoms with Crippen LogP contribution in [0.5, 0.6) is 5.88 Å². The zero-order valence-corrected chi connectivity index (χ0v) is 13.2. The number of hydrogen-bond donors (Lipinski definition) is 1. The Morgan fingerprint density at radius 2 is 2.37 bits per heavy atom. The molecular formula is C14H21BrN2O2. The van der Waals surface area contributed by atoms with Crippen molar-refractivity contribution >= 4 is 15.9 Å². The van der Waals surface area contributed by atoms with Gasteiger partial charge in [-0.2, -0.15) is 0 Å². The van der Waals surface area contributed by atoms with Crippen molar-refractivity contribution in [2.45, 2.75) is 44.9 Å². The lowest BCUT2D eigenvalue weighted by Gasteiger charge is -2.31. The molecule has 2 unspecified atom stereocenters. The molecule has 5 heteroatoms. The third kappa shape index (κ3) is 4.16. The van der Waals surface area contributed by atoms with Crippen LogP contribution in [0.2, 0.25) is 0 Å². The predicted molar refractivity (Wildman–Crippen MR) is 78.5 cm³/mol. The highest BCUT2D eigenvalue weighted by atomic mass is 79.9. The van der Waals surface area contributed by atoms with Crippen molar-refractivity contribution in [2.24, 2.45) is 0 Å². The Balaban J connectivity index is 1.88. The number of nitrogens with zero attached hydrogens (tertiary/aromatic N) is 1. The Labute approximate surface area is 123 Å². The van der Waals surface area contributed by atoms with Crippen LogP contribution in [0.1, 0.15) is 27.2 Å². The van der Waals surface area contributed by atoms with Crippen LogP contribution in [0.25, 0.3) is 0 Å². The lowest BCUT2D eigenvalue weighted by molar-refractivity contribution is 0.0998. The fourth-order valence-corrected chi connectivity index (χ4v) is 2.56. The van der Waals surface area contributed by atoms with Crippen molar-refractivity contribution in [1.29, 1.82) is 0 Å². The first-order valence-corrected chi connectivity index (χ1v) is 7.40. The lowest BCUT2D eigenvalue weighted by atomic mass is 10.0. The molecule has 0 spiro atoms. The number of nitrogens with one attached hydrogen (secondary N) is 1. The molecule has 1 aliphatic heterocycles. The first-order chi connectivity index (χ1) is 8.98. The Bertz CT molecular complexity index is 426. The molecule has 1 saturated heterocycles. The fraction of sp³-hybridized carbons (Fsp3) is 0.643. The summed E-state index contributed by atoms with van der Waals surface area (Å²) in [7, 11) is 0. The summed E-state index contributed by atoms with van der Waals surface area (Å²) in [5, 5.41) is 3.60. The highest BCUT2D eigenvalue weighted by Gasteiger charge is 2.30. The van der Waals surface area contributed by atoms with E-state index in [1.807, 2.05) is 12.1 Å². The van der Waals surface area contributed by atoms with Gasteiger partial charge in [-0.1, -0.05) is 0 Å². The summed E-state index contributed by atoms with van der Waals surface area (Å²) in [6, 6.07) is 4.19. The Kier molecular flexibility index (Phi) is 4.81. The van der Waals surface area contributed by atoms with E-state index in [0.717, 1.165) is 17.5 Å². The van der Waals surface area contributed by atoms with Gasteiger partial charge in [-0.25, -0.2) is 4.98 Å². The standard InChI is InChI=1S/C14H21BrN2O2/c1-10-12(6-8-18-10)17-14(2,3)9-19-13-11(15)5-4-7-16-13/h4-5,7,10,12,17H,6,8-9H2,1-3H3. The van der Waals surface area contributed by atoms with E-state index in [2.05, 4.69) is 47.0 Å². The number of hydrogen-bond acceptors (Lipinski definition) is 4. The van der Waals surface area contributed by atoms with Gasteiger partial charge in [0.05, 0.1) is 10.6 Å². The molecule has 0 aliphatic carbocycles. The first kappa shape index (κ1) is 14.8. The third-order valence-corrected chi connectivity index (χ3v) is 3.85. The average Bonchev–Trinajstić information content (AvgIpc) is 2.73. The maximum Gasteiger partial charge on any atom is 0.227 e. The lowest BCUT2D eigenvalue weighted by Crippen LogP contribution is -2.52. The molecule has 19 heavy (non-hydrogen) atoms. The average molecular weight is 329 g/mol. The number of pyridine rings is 1. The van der Waals surface area contributed by atoms with Gasteiger partial charge in [0, 0.05) is 24.4 Å². The Morgan fingerprint density at radius 3 is 3.00 bits per heavy atom. The van der Waals surface area contributed by atoms with Crippen LogP contribution in [0.4, 0.5) is 0 Å². The summed E-state index contributed by atoms with van der Waals surface area (Å²) in [4.78, 5) is 4.21. The summed E-state index contributed by atoms with van der Waals surface area (Å²) < 4.78 is 12.2. The summed E-state index contributed by atoms with van der Waals surface area (Å²) >= 11 is 3.43. The highest BCUT2D eigenvalue weighted by Crippen LogP contribution is 2.22. The fourth-order valence-electron chi connectivity index (χ4n) is 2.19. The van der Waals surface area contributed by atoms with Gasteiger partial charge in [-0.15, -0.1) is 0 Å². The Hall–Kier alpha value is -0.650. The van der Waals surface area contributed by atoms with Crippen molar-refractivity contribution in [3.63, 3.8) is 0 Å². The van der Waals surface area contributed by atoms with Crippen molar-refractivity contribution < 1.29 is 9.47 Å². The second-order valence-electron chi connectivity index (χ2n) is 5.58. The topological polar surface area (TPSA) is 43.4 Å². The third-order valence-electron chi connectivity index (χ3n) is 3.25. The van der Waals surface area contributed by atoms with E-state index < -0.39 is 0 Å². The SMILES string of the molecule is CC1OCCC1NC(C)(C)COc1ncccc1Br. The Morgan fingerprint density at radius 1 is 1.58 bits per heavy atom. The summed E-state index contributed by atoms with van der Waals surface area (Å²) in [6.07, 6.45) is 3.05. The van der Waals surface area contributed by atoms with Gasteiger partial charge in [0.15, 0.2) is 0 Å². The second-order valence-corrected chi connectivity index (χ2v) is 6.43. The molecule has 1 fully saturated rings. The number of aromatic nitrogens is 1. The summed E-state index contributed by atoms with van der Waals surface area (Å²) in [5.74, 6) is 0.632. The van der Waals surface area contributed by atoms with E-state index in [9.17, 15) is 0 Å². The van der Waals surface area contributed by atoms with Gasteiger partial charge in [-0.3, -0.25) is 0 Å². The van der Waals surface area contributed by atoms with Gasteiger partial charge in [0.25, 0.3) is 0 Å². The minimum absolute atomic E-state index is 0.121. The molecule has 4 nitrogen and oxygen atoms in total. The van der Waals surface area contributed by atoms with E-state index in [1.54, 1.807) is 6.20 Å². The molecule has 2 rings (SSSR count). The molecule has 0 radical (unpaired) electrons. The van der Waals surface area contributed by atoms with Crippen molar-refractivity contribution in [3.8, 4) is 5.88 Å². The molecule has 1 N–H and O–H groups in total. The highest BCUT2D eigenvalue weighted by molar-refractivity contribution is 9.10. The summed E-state index contributed by atoms with van der Waals surface area (Å²) in [5.41, 5.74) is -0.121. The largest absolute Gasteiger partial charge is 0.475 e. The van der Waals surface area contributed by atoms with E-state index in [4.69, 9.17) is 9.47 Å². The minimum Gasteiger partial charge on any atom is -0.475 e. The van der Waals surface area contributed by atoms with Crippen LogP contribution < -0.4 is 10.1 Å². The number of halogens is 1. The van der Waals surface area contributed by atoms with E-state index in [0.29, 0.717) is 18.5 Å². The van der Waals surface area contributed by atoms with Crippen molar-refractivity contribution in [2.75, 3.05) is 13.2 Å². The monoisotopic (exact) mass is 328 g/mol. The molecule has 2 atom stereocenters. The number of ether oxygens (including phenoxy) is 2. The second kappa shape index (κ2) is 6.20. The molecule has 0 saturated carbocycles. The van der Waals surface area contributed by atoms with E-state index >= 15 is 0 Å². The predicted octanol–water partition coefficient (Wildman–Crippen LogP) is 2.77. The van der Waals surface area contributed by atoms with Crippen molar-refractivity contribution in [3.05, 3.63) is 22.8 Å². The molecule has 1 aliphatic rings. The minimum atomic E-state index is -0.121. The van der Waals surface area contributed by atoms with Gasteiger partial charge >= 0.3 is 0 Å². The van der Waals surface area contributed by atoms with Crippen LogP contribution in [0.15, 0.2) is 22.8 Å². The van der Waals surface area contributed by atoms with Crippen molar-refractivity contribution in [1.82, 2.24) is 10.3 Å². The molecular weight excluding hydrogens is 308 g/mol. The maximum atomic E-state index is 5.79. The zero-order chi connectivity index (χ0) is 13.9. The molecule has 106 valence electrons. The molecule has 0 bridgehead atoms. The van der Waals surface area contributed by atoms with Crippen LogP contribution in [0.3, 0.4) is 0 Å². The van der Waals surface area contributed by atoms with Gasteiger partial charge < -0.3 is 14.8 Å². The molecule has 1 aromatic heterocycles. The van der Waals surface area contributed by atoms with E-state index in [-0.39, 0.29) is 11.6 Å². The van der Waals surface area contributed by atoms with Gasteiger partial charge in [-0.05, 0) is 55.3 Å². The van der Waals surface area contributed by atoms with Gasteiger partial charge in [0.1, 0.15) is 6.61 Å². The van der Waals surface area contributed by atoms with Crippen LogP contribution in [0, 0.1) is 0 Å². The van der Waals surface area contributed by atoms with E-state index in [1.165, 1.54) is 0 Å². The first-order valence-electron chi connectivity index (χ1n) is 6.60. The van der Waals surface area contributed by atoms with Crippen LogP contribution >= 0.6 is 15.9 Å². The zero-order valence-electron chi connectivity index (χ0n) is 11.6. The molecule has 0 aromatic carbocycles. The molecule has 0 amide bonds. The smallest absolute Gasteiger partial charge is 0.227 e. The van der Waals surface area contributed by atoms with Crippen LogP contribution in [-0.4, -0.2) is 35.9 Å². The van der Waals surface area contributed by atoms with Crippen LogP contribution in [-0.2, 0) is 4.74 Å². The normalized spacial score (nSPS) is 23.6.